The monoisotopic (exact) mass is 371 g/mol. The average molecular weight is 371 g/mol. The van der Waals surface area contributed by atoms with Crippen molar-refractivity contribution in [2.24, 2.45) is 12.2 Å². The van der Waals surface area contributed by atoms with E-state index >= 15 is 0 Å². The molecule has 5 nitrogen and oxygen atoms in total. The highest BCUT2D eigenvalue weighted by Crippen LogP contribution is 2.32. The molecule has 0 fully saturated rings. The fourth-order valence-corrected chi connectivity index (χ4v) is 3.35. The number of aromatic nitrogens is 1. The number of oxime groups is 1. The molecular weight excluding hydrogens is 350 g/mol. The summed E-state index contributed by atoms with van der Waals surface area (Å²) in [6.45, 7) is 2.05. The molecule has 0 saturated carbocycles. The van der Waals surface area contributed by atoms with E-state index < -0.39 is 0 Å². The number of aryl methyl sites for hydroxylation is 2. The number of hydrogen-bond donors (Lipinski definition) is 1. The van der Waals surface area contributed by atoms with Gasteiger partial charge in [0, 0.05) is 37.2 Å². The van der Waals surface area contributed by atoms with Gasteiger partial charge in [-0.15, -0.1) is 0 Å². The second-order valence-electron chi connectivity index (χ2n) is 6.76. The summed E-state index contributed by atoms with van der Waals surface area (Å²) in [5.74, 6) is -0.0583. The molecule has 0 amide bonds. The Morgan fingerprint density at radius 1 is 1.14 bits per heavy atom. The Balaban J connectivity index is 2.05. The van der Waals surface area contributed by atoms with Crippen LogP contribution in [0, 0.1) is 18.3 Å². The van der Waals surface area contributed by atoms with Crippen molar-refractivity contribution >= 4 is 5.71 Å². The van der Waals surface area contributed by atoms with Crippen molar-refractivity contribution in [3.05, 3.63) is 105 Å². The van der Waals surface area contributed by atoms with Gasteiger partial charge in [-0.25, -0.2) is 0 Å². The Kier molecular flexibility index (Phi) is 5.71. The lowest BCUT2D eigenvalue weighted by Gasteiger charge is -2.21. The number of pyridine rings is 1. The summed E-state index contributed by atoms with van der Waals surface area (Å²) < 4.78 is 1.46. The van der Waals surface area contributed by atoms with E-state index in [9.17, 15) is 10.0 Å². The van der Waals surface area contributed by atoms with Crippen LogP contribution in [0.1, 0.15) is 40.2 Å². The van der Waals surface area contributed by atoms with Crippen molar-refractivity contribution < 1.29 is 5.21 Å². The average Bonchev–Trinajstić information content (AvgIpc) is 2.72. The van der Waals surface area contributed by atoms with Gasteiger partial charge in [0.2, 0.25) is 5.56 Å². The van der Waals surface area contributed by atoms with Crippen LogP contribution in [0.3, 0.4) is 0 Å². The van der Waals surface area contributed by atoms with E-state index in [1.165, 1.54) is 10.6 Å². The van der Waals surface area contributed by atoms with Gasteiger partial charge in [0.1, 0.15) is 0 Å². The third-order valence-corrected chi connectivity index (χ3v) is 4.94. The Hall–Kier alpha value is -3.65. The van der Waals surface area contributed by atoms with E-state index in [4.69, 9.17) is 5.26 Å². The summed E-state index contributed by atoms with van der Waals surface area (Å²) in [6, 6.07) is 20.8. The maximum atomic E-state index is 11.7. The molecule has 0 aliphatic carbocycles. The second kappa shape index (κ2) is 8.36. The number of rotatable bonds is 5. The van der Waals surface area contributed by atoms with Crippen LogP contribution in [0.2, 0.25) is 0 Å². The molecule has 3 rings (SSSR count). The molecule has 1 atom stereocenters. The summed E-state index contributed by atoms with van der Waals surface area (Å²) in [5.41, 5.74) is 4.95. The molecule has 0 aliphatic heterocycles. The lowest BCUT2D eigenvalue weighted by atomic mass is 9.83. The molecular formula is C23H21N3O2. The molecule has 140 valence electrons. The van der Waals surface area contributed by atoms with Gasteiger partial charge in [0.25, 0.3) is 0 Å². The standard InChI is InChI=1S/C23H21N3O2/c1-16-5-3-4-6-20(16)21(18-9-7-17(14-24)8-10-18)13-22(25-28)19-11-12-23(27)26(2)15-19/h3-12,15,21,28H,13H2,1-2H3. The molecule has 0 aliphatic rings. The van der Waals surface area contributed by atoms with Gasteiger partial charge in [-0.05, 0) is 41.8 Å². The van der Waals surface area contributed by atoms with Gasteiger partial charge in [0.05, 0.1) is 17.3 Å². The third kappa shape index (κ3) is 4.02. The summed E-state index contributed by atoms with van der Waals surface area (Å²) in [5, 5.41) is 22.3. The topological polar surface area (TPSA) is 78.4 Å². The van der Waals surface area contributed by atoms with Gasteiger partial charge in [-0.2, -0.15) is 5.26 Å². The highest BCUT2D eigenvalue weighted by atomic mass is 16.4. The van der Waals surface area contributed by atoms with Crippen LogP contribution in [0.4, 0.5) is 0 Å². The van der Waals surface area contributed by atoms with E-state index in [0.717, 1.165) is 16.7 Å². The molecule has 1 heterocycles. The van der Waals surface area contributed by atoms with Crippen molar-refractivity contribution in [2.75, 3.05) is 0 Å². The van der Waals surface area contributed by atoms with E-state index in [1.54, 1.807) is 31.4 Å². The van der Waals surface area contributed by atoms with E-state index in [2.05, 4.69) is 17.3 Å². The molecule has 0 bridgehead atoms. The minimum atomic E-state index is -0.122. The molecule has 2 aromatic carbocycles. The minimum absolute atomic E-state index is 0.0583. The Morgan fingerprint density at radius 2 is 1.86 bits per heavy atom. The van der Waals surface area contributed by atoms with Crippen LogP contribution in [0.15, 0.2) is 76.8 Å². The number of hydrogen-bond acceptors (Lipinski definition) is 4. The fraction of sp³-hybridized carbons (Fsp3) is 0.174. The van der Waals surface area contributed by atoms with Crippen molar-refractivity contribution in [3.63, 3.8) is 0 Å². The van der Waals surface area contributed by atoms with E-state index in [-0.39, 0.29) is 11.5 Å². The van der Waals surface area contributed by atoms with E-state index in [0.29, 0.717) is 23.3 Å². The van der Waals surface area contributed by atoms with Crippen LogP contribution in [-0.4, -0.2) is 15.5 Å². The maximum Gasteiger partial charge on any atom is 0.250 e. The zero-order valence-corrected chi connectivity index (χ0v) is 15.8. The van der Waals surface area contributed by atoms with Crippen LogP contribution < -0.4 is 5.56 Å². The van der Waals surface area contributed by atoms with Gasteiger partial charge >= 0.3 is 0 Å². The van der Waals surface area contributed by atoms with Crippen LogP contribution in [0.5, 0.6) is 0 Å². The molecule has 0 saturated heterocycles. The maximum absolute atomic E-state index is 11.7. The largest absolute Gasteiger partial charge is 0.411 e. The number of benzene rings is 2. The molecule has 28 heavy (non-hydrogen) atoms. The molecule has 0 radical (unpaired) electrons. The molecule has 1 N–H and O–H groups in total. The molecule has 3 aromatic rings. The molecule has 1 aromatic heterocycles. The summed E-state index contributed by atoms with van der Waals surface area (Å²) in [6.07, 6.45) is 2.12. The van der Waals surface area contributed by atoms with Crippen molar-refractivity contribution in [1.82, 2.24) is 4.57 Å². The number of nitrogens with zero attached hydrogens (tertiary/aromatic N) is 3. The normalized spacial score (nSPS) is 12.4. The Bertz CT molecular complexity index is 1110. The SMILES string of the molecule is Cc1ccccc1C(CC(=NO)c1ccc(=O)n(C)c1)c1ccc(C#N)cc1. The molecule has 0 spiro atoms. The van der Waals surface area contributed by atoms with Crippen molar-refractivity contribution in [2.45, 2.75) is 19.3 Å². The Labute approximate surface area is 163 Å². The first-order valence-corrected chi connectivity index (χ1v) is 8.97. The smallest absolute Gasteiger partial charge is 0.250 e. The van der Waals surface area contributed by atoms with E-state index in [1.807, 2.05) is 37.3 Å². The lowest BCUT2D eigenvalue weighted by Crippen LogP contribution is -2.18. The van der Waals surface area contributed by atoms with Crippen molar-refractivity contribution in [1.29, 1.82) is 5.26 Å². The first-order chi connectivity index (χ1) is 13.5. The van der Waals surface area contributed by atoms with Crippen molar-refractivity contribution in [3.8, 4) is 6.07 Å². The zero-order chi connectivity index (χ0) is 20.1. The van der Waals surface area contributed by atoms with Gasteiger partial charge < -0.3 is 9.77 Å². The zero-order valence-electron chi connectivity index (χ0n) is 15.8. The fourth-order valence-electron chi connectivity index (χ4n) is 3.35. The van der Waals surface area contributed by atoms with Crippen LogP contribution >= 0.6 is 0 Å². The van der Waals surface area contributed by atoms with Gasteiger partial charge in [-0.1, -0.05) is 41.6 Å². The predicted octanol–water partition coefficient (Wildman–Crippen LogP) is 3.97. The van der Waals surface area contributed by atoms with Gasteiger partial charge in [-0.3, -0.25) is 4.79 Å². The number of nitriles is 1. The molecule has 1 unspecified atom stereocenters. The summed E-state index contributed by atoms with van der Waals surface area (Å²) in [7, 11) is 1.67. The first-order valence-electron chi connectivity index (χ1n) is 8.97. The third-order valence-electron chi connectivity index (χ3n) is 4.94. The minimum Gasteiger partial charge on any atom is -0.411 e. The molecule has 5 heteroatoms. The van der Waals surface area contributed by atoms with Crippen LogP contribution in [-0.2, 0) is 7.05 Å². The quantitative estimate of drug-likeness (QED) is 0.419. The summed E-state index contributed by atoms with van der Waals surface area (Å²) >= 11 is 0. The Morgan fingerprint density at radius 3 is 2.46 bits per heavy atom. The highest BCUT2D eigenvalue weighted by molar-refractivity contribution is 6.00. The first kappa shape index (κ1) is 19.1. The van der Waals surface area contributed by atoms with Crippen LogP contribution in [0.25, 0.3) is 0 Å². The highest BCUT2D eigenvalue weighted by Gasteiger charge is 2.20. The predicted molar refractivity (Wildman–Crippen MR) is 109 cm³/mol. The lowest BCUT2D eigenvalue weighted by molar-refractivity contribution is 0.317. The second-order valence-corrected chi connectivity index (χ2v) is 6.76. The van der Waals surface area contributed by atoms with Gasteiger partial charge in [0.15, 0.2) is 0 Å². The summed E-state index contributed by atoms with van der Waals surface area (Å²) in [4.78, 5) is 11.7.